The molecule has 1 aliphatic heterocycles. The van der Waals surface area contributed by atoms with Gasteiger partial charge in [0.05, 0.1) is 5.02 Å². The van der Waals surface area contributed by atoms with Gasteiger partial charge in [0.25, 0.3) is 0 Å². The summed E-state index contributed by atoms with van der Waals surface area (Å²) in [4.78, 5) is 17.6. The Morgan fingerprint density at radius 3 is 2.52 bits per heavy atom. The first kappa shape index (κ1) is 37.3. The molecule has 0 spiro atoms. The van der Waals surface area contributed by atoms with Gasteiger partial charge in [-0.15, -0.1) is 24.8 Å². The molecule has 1 aliphatic rings. The van der Waals surface area contributed by atoms with Crippen LogP contribution in [0.25, 0.3) is 10.9 Å². The van der Waals surface area contributed by atoms with E-state index in [4.69, 9.17) is 39.1 Å². The predicted octanol–water partition coefficient (Wildman–Crippen LogP) is 6.38. The van der Waals surface area contributed by atoms with Crippen molar-refractivity contribution in [3.05, 3.63) is 98.7 Å². The molecule has 1 aromatic heterocycles. The highest BCUT2D eigenvalue weighted by molar-refractivity contribution is 7.89. The van der Waals surface area contributed by atoms with Gasteiger partial charge in [-0.3, -0.25) is 10.2 Å². The number of aryl methyl sites for hydroxylation is 2. The summed E-state index contributed by atoms with van der Waals surface area (Å²) in [5.41, 5.74) is 10.0. The van der Waals surface area contributed by atoms with Crippen molar-refractivity contribution in [3.63, 3.8) is 0 Å². The highest BCUT2D eigenvalue weighted by Gasteiger charge is 2.40. The monoisotopic (exact) mass is 725 g/mol. The van der Waals surface area contributed by atoms with Crippen LogP contribution in [0.15, 0.2) is 65.6 Å². The zero-order valence-corrected chi connectivity index (χ0v) is 29.1. The minimum atomic E-state index is -4.14. The summed E-state index contributed by atoms with van der Waals surface area (Å²) >= 11 is 13.2. The van der Waals surface area contributed by atoms with Crippen LogP contribution in [0.3, 0.4) is 0 Å². The van der Waals surface area contributed by atoms with E-state index in [0.717, 1.165) is 22.2 Å². The molecule has 0 unspecified atom stereocenters. The van der Waals surface area contributed by atoms with Gasteiger partial charge < -0.3 is 15.8 Å². The van der Waals surface area contributed by atoms with Crippen molar-refractivity contribution >= 4 is 80.7 Å². The first-order chi connectivity index (χ1) is 21.0. The van der Waals surface area contributed by atoms with Crippen molar-refractivity contribution in [1.29, 1.82) is 5.41 Å². The van der Waals surface area contributed by atoms with E-state index in [9.17, 15) is 13.2 Å². The number of nitrogens with one attached hydrogen (secondary N) is 2. The van der Waals surface area contributed by atoms with Crippen LogP contribution in [0.2, 0.25) is 10.0 Å². The van der Waals surface area contributed by atoms with Gasteiger partial charge in [0.2, 0.25) is 15.9 Å². The summed E-state index contributed by atoms with van der Waals surface area (Å²) in [7, 11) is -4.14. The summed E-state index contributed by atoms with van der Waals surface area (Å²) in [6.07, 6.45) is 1.48. The standard InChI is InChI=1S/C32H33Cl2N5O4S.2ClH/c1-19-17-20(2)38-30-23(19)5-3-7-27(30)43-18-24-25(33)12-13-28(29(24)34)44(41,42)39-16-4-6-26(39)32(40)37-15-14-21-8-10-22(11-9-21)31(35)36;;/h3,5,7-13,17,26H,4,6,14-16,18H2,1-2H3,(H3,35,36)(H,37,40);2*1H/t26-;;/m0../s1. The van der Waals surface area contributed by atoms with E-state index in [-0.39, 0.29) is 64.6 Å². The zero-order valence-electron chi connectivity index (χ0n) is 25.2. The molecule has 246 valence electrons. The molecular formula is C32H35Cl4N5O4S. The summed E-state index contributed by atoms with van der Waals surface area (Å²) in [6.45, 7) is 4.36. The maximum atomic E-state index is 13.9. The fourth-order valence-corrected chi connectivity index (χ4v) is 7.96. The minimum absolute atomic E-state index is 0. The van der Waals surface area contributed by atoms with Gasteiger partial charge in [-0.25, -0.2) is 13.4 Å². The van der Waals surface area contributed by atoms with Crippen LogP contribution in [0.5, 0.6) is 5.75 Å². The van der Waals surface area contributed by atoms with Gasteiger partial charge in [-0.2, -0.15) is 4.31 Å². The second-order valence-electron chi connectivity index (χ2n) is 10.8. The van der Waals surface area contributed by atoms with E-state index in [0.29, 0.717) is 48.2 Å². The Bertz CT molecular complexity index is 1860. The van der Waals surface area contributed by atoms with Crippen LogP contribution in [0.4, 0.5) is 0 Å². The molecule has 9 nitrogen and oxygen atoms in total. The summed E-state index contributed by atoms with van der Waals surface area (Å²) < 4.78 is 35.1. The molecule has 4 N–H and O–H groups in total. The van der Waals surface area contributed by atoms with Gasteiger partial charge >= 0.3 is 0 Å². The number of amidine groups is 1. The molecule has 14 heteroatoms. The number of hydrogen-bond acceptors (Lipinski definition) is 6. The Morgan fingerprint density at radius 1 is 1.11 bits per heavy atom. The Kier molecular flexibility index (Phi) is 12.7. The quantitative estimate of drug-likeness (QED) is 0.128. The first-order valence-corrected chi connectivity index (χ1v) is 16.4. The first-order valence-electron chi connectivity index (χ1n) is 14.2. The molecule has 3 aromatic carbocycles. The Hall–Kier alpha value is -3.12. The second kappa shape index (κ2) is 15.6. The third-order valence-corrected chi connectivity index (χ3v) is 10.6. The normalized spacial score (nSPS) is 14.7. The van der Waals surface area contributed by atoms with Crippen LogP contribution in [-0.4, -0.2) is 48.6 Å². The van der Waals surface area contributed by atoms with Crippen LogP contribution >= 0.6 is 48.0 Å². The molecule has 46 heavy (non-hydrogen) atoms. The number of amides is 1. The molecule has 0 bridgehead atoms. The number of aromatic nitrogens is 1. The molecular weight excluding hydrogens is 692 g/mol. The van der Waals surface area contributed by atoms with E-state index in [1.165, 1.54) is 16.4 Å². The topological polar surface area (TPSA) is 138 Å². The molecule has 5 rings (SSSR count). The van der Waals surface area contributed by atoms with E-state index < -0.39 is 16.1 Å². The van der Waals surface area contributed by atoms with Crippen molar-refractivity contribution in [1.82, 2.24) is 14.6 Å². The van der Waals surface area contributed by atoms with Gasteiger partial charge in [-0.05, 0) is 68.5 Å². The molecule has 0 aliphatic carbocycles. The van der Waals surface area contributed by atoms with E-state index in [2.05, 4.69) is 10.3 Å². The Labute approximate surface area is 291 Å². The van der Waals surface area contributed by atoms with Crippen LogP contribution in [0.1, 0.15) is 40.8 Å². The van der Waals surface area contributed by atoms with Gasteiger partial charge in [0.15, 0.2) is 0 Å². The number of para-hydroxylation sites is 1. The largest absolute Gasteiger partial charge is 0.487 e. The lowest BCUT2D eigenvalue weighted by molar-refractivity contribution is -0.124. The van der Waals surface area contributed by atoms with Crippen molar-refractivity contribution < 1.29 is 17.9 Å². The SMILES string of the molecule is Cc1cc(C)c2cccc(OCc3c(Cl)ccc(S(=O)(=O)N4CCC[C@H]4C(=O)NCCc4ccc(C(=N)N)cc4)c3Cl)c2n1.Cl.Cl. The highest BCUT2D eigenvalue weighted by atomic mass is 35.5. The van der Waals surface area contributed by atoms with Crippen molar-refractivity contribution in [2.75, 3.05) is 13.1 Å². The number of carbonyl (C=O) groups is 1. The van der Waals surface area contributed by atoms with E-state index in [1.54, 1.807) is 18.2 Å². The predicted molar refractivity (Wildman–Crippen MR) is 188 cm³/mol. The number of nitrogens with zero attached hydrogens (tertiary/aromatic N) is 2. The molecule has 1 fully saturated rings. The van der Waals surface area contributed by atoms with Crippen molar-refractivity contribution in [2.45, 2.75) is 50.7 Å². The van der Waals surface area contributed by atoms with Gasteiger partial charge in [0, 0.05) is 40.3 Å². The van der Waals surface area contributed by atoms with Gasteiger partial charge in [-0.1, -0.05) is 59.6 Å². The summed E-state index contributed by atoms with van der Waals surface area (Å²) in [6, 6.07) is 16.8. The zero-order chi connectivity index (χ0) is 31.6. The molecule has 1 saturated heterocycles. The lowest BCUT2D eigenvalue weighted by Crippen LogP contribution is -2.46. The van der Waals surface area contributed by atoms with Crippen molar-refractivity contribution in [2.24, 2.45) is 5.73 Å². The Morgan fingerprint density at radius 2 is 1.83 bits per heavy atom. The van der Waals surface area contributed by atoms with E-state index >= 15 is 0 Å². The molecule has 4 aromatic rings. The number of rotatable bonds is 10. The van der Waals surface area contributed by atoms with Gasteiger partial charge in [0.1, 0.15) is 34.6 Å². The number of nitrogen functional groups attached to an aromatic ring is 1. The number of pyridine rings is 1. The molecule has 2 heterocycles. The third-order valence-electron chi connectivity index (χ3n) is 7.73. The number of benzene rings is 3. The lowest BCUT2D eigenvalue weighted by Gasteiger charge is -2.24. The molecule has 1 amide bonds. The highest BCUT2D eigenvalue weighted by Crippen LogP contribution is 2.36. The fraction of sp³-hybridized carbons (Fsp3) is 0.281. The average molecular weight is 728 g/mol. The average Bonchev–Trinajstić information content (AvgIpc) is 3.49. The number of nitrogens with two attached hydrogens (primary N) is 1. The maximum Gasteiger partial charge on any atom is 0.245 e. The smallest absolute Gasteiger partial charge is 0.245 e. The third kappa shape index (κ3) is 7.87. The molecule has 0 radical (unpaired) electrons. The minimum Gasteiger partial charge on any atom is -0.487 e. The van der Waals surface area contributed by atoms with Crippen LogP contribution in [-0.2, 0) is 27.8 Å². The number of ether oxygens (including phenoxy) is 1. The summed E-state index contributed by atoms with van der Waals surface area (Å²) in [5.74, 6) is 0.148. The number of halogens is 4. The lowest BCUT2D eigenvalue weighted by atomic mass is 10.1. The van der Waals surface area contributed by atoms with Crippen LogP contribution in [0, 0.1) is 19.3 Å². The number of hydrogen-bond donors (Lipinski definition) is 3. The molecule has 0 saturated carbocycles. The Balaban J connectivity index is 0.00000288. The number of carbonyl (C=O) groups excluding carboxylic acids is 1. The second-order valence-corrected chi connectivity index (χ2v) is 13.4. The fourth-order valence-electron chi connectivity index (χ4n) is 5.44. The molecule has 1 atom stereocenters. The van der Waals surface area contributed by atoms with Crippen molar-refractivity contribution in [3.8, 4) is 5.75 Å². The van der Waals surface area contributed by atoms with E-state index in [1.807, 2.05) is 44.2 Å². The number of sulfonamides is 1. The van der Waals surface area contributed by atoms with Crippen LogP contribution < -0.4 is 15.8 Å². The maximum absolute atomic E-state index is 13.9. The summed E-state index contributed by atoms with van der Waals surface area (Å²) in [5, 5.41) is 11.5. The number of fused-ring (bicyclic) bond motifs is 1.